The highest BCUT2D eigenvalue weighted by molar-refractivity contribution is 7.86. The molecule has 3 heterocycles. The molecule has 1 aliphatic heterocycles. The molecule has 2 aromatic heterocycles. The van der Waals surface area contributed by atoms with Crippen molar-refractivity contribution >= 4 is 39.5 Å². The van der Waals surface area contributed by atoms with Crippen molar-refractivity contribution in [3.05, 3.63) is 59.2 Å². The highest BCUT2D eigenvalue weighted by atomic mass is 32.2. The molecule has 0 aliphatic carbocycles. The second kappa shape index (κ2) is 8.87. The van der Waals surface area contributed by atoms with Crippen molar-refractivity contribution in [2.24, 2.45) is 5.73 Å². The first-order valence-corrected chi connectivity index (χ1v) is 11.1. The van der Waals surface area contributed by atoms with Gasteiger partial charge in [-0.15, -0.1) is 0 Å². The first-order valence-electron chi connectivity index (χ1n) is 9.87. The van der Waals surface area contributed by atoms with E-state index in [2.05, 4.69) is 15.3 Å². The zero-order valence-corrected chi connectivity index (χ0v) is 17.7. The van der Waals surface area contributed by atoms with Crippen LogP contribution >= 0.6 is 0 Å². The Bertz CT molecular complexity index is 1250. The standard InChI is InChI=1S/C21H20FN5O4S/c22-13-6-5-12(15(10-13)19(23)29)11-25-21(30)17-18(28)16-14(4-3-7-24-16)20(26-17)27-8-1-2-9-32(27)31/h3-7,10,28H,1-2,8-9,11H2,(H2,23,29)(H,25,30). The Balaban J connectivity index is 1.70. The first kappa shape index (κ1) is 21.6. The molecule has 4 rings (SSSR count). The number of aromatic nitrogens is 2. The summed E-state index contributed by atoms with van der Waals surface area (Å²) in [5.41, 5.74) is 5.40. The molecule has 1 fully saturated rings. The number of pyridine rings is 2. The Morgan fingerprint density at radius 3 is 2.84 bits per heavy atom. The number of aromatic hydroxyl groups is 1. The number of hydrogen-bond donors (Lipinski definition) is 3. The molecule has 1 aromatic carbocycles. The second-order valence-electron chi connectivity index (χ2n) is 7.22. The average molecular weight is 457 g/mol. The van der Waals surface area contributed by atoms with Gasteiger partial charge in [-0.3, -0.25) is 18.9 Å². The van der Waals surface area contributed by atoms with Crippen LogP contribution in [0.3, 0.4) is 0 Å². The Hall–Kier alpha value is -3.60. The molecule has 0 spiro atoms. The molecular formula is C21H20FN5O4S. The number of nitrogens with two attached hydrogens (primary N) is 1. The van der Waals surface area contributed by atoms with Crippen LogP contribution in [0.5, 0.6) is 5.75 Å². The molecule has 1 atom stereocenters. The van der Waals surface area contributed by atoms with Gasteiger partial charge < -0.3 is 16.2 Å². The summed E-state index contributed by atoms with van der Waals surface area (Å²) < 4.78 is 27.6. The van der Waals surface area contributed by atoms with Gasteiger partial charge in [-0.2, -0.15) is 0 Å². The van der Waals surface area contributed by atoms with Crippen LogP contribution in [0.2, 0.25) is 0 Å². The number of benzene rings is 1. The first-order chi connectivity index (χ1) is 15.4. The molecule has 0 radical (unpaired) electrons. The van der Waals surface area contributed by atoms with Crippen molar-refractivity contribution in [1.29, 1.82) is 0 Å². The Labute approximate surface area is 185 Å². The molecule has 1 saturated heterocycles. The quantitative estimate of drug-likeness (QED) is 0.534. The molecule has 1 unspecified atom stereocenters. The molecule has 2 amide bonds. The van der Waals surface area contributed by atoms with Gasteiger partial charge in [0.2, 0.25) is 5.91 Å². The van der Waals surface area contributed by atoms with Crippen LogP contribution < -0.4 is 15.4 Å². The lowest BCUT2D eigenvalue weighted by Gasteiger charge is -2.27. The maximum atomic E-state index is 13.5. The summed E-state index contributed by atoms with van der Waals surface area (Å²) in [7, 11) is -1.31. The van der Waals surface area contributed by atoms with E-state index in [-0.39, 0.29) is 23.3 Å². The average Bonchev–Trinajstić information content (AvgIpc) is 2.79. The van der Waals surface area contributed by atoms with Gasteiger partial charge in [-0.25, -0.2) is 13.6 Å². The summed E-state index contributed by atoms with van der Waals surface area (Å²) in [6.45, 7) is 0.344. The van der Waals surface area contributed by atoms with Gasteiger partial charge in [0.1, 0.15) is 22.3 Å². The lowest BCUT2D eigenvalue weighted by Crippen LogP contribution is -2.34. The zero-order valence-electron chi connectivity index (χ0n) is 16.9. The molecule has 11 heteroatoms. The van der Waals surface area contributed by atoms with E-state index in [4.69, 9.17) is 5.73 Å². The zero-order chi connectivity index (χ0) is 22.8. The van der Waals surface area contributed by atoms with Crippen LogP contribution in [0, 0.1) is 5.82 Å². The lowest BCUT2D eigenvalue weighted by atomic mass is 10.1. The van der Waals surface area contributed by atoms with Crippen molar-refractivity contribution in [1.82, 2.24) is 15.3 Å². The van der Waals surface area contributed by atoms with E-state index in [1.54, 1.807) is 16.4 Å². The van der Waals surface area contributed by atoms with Crippen LogP contribution in [0.1, 0.15) is 39.3 Å². The van der Waals surface area contributed by atoms with E-state index in [1.165, 1.54) is 12.3 Å². The number of nitrogens with zero attached hydrogens (tertiary/aromatic N) is 3. The summed E-state index contributed by atoms with van der Waals surface area (Å²) in [6, 6.07) is 6.83. The Morgan fingerprint density at radius 1 is 1.28 bits per heavy atom. The van der Waals surface area contributed by atoms with Crippen molar-refractivity contribution in [2.45, 2.75) is 19.4 Å². The second-order valence-corrected chi connectivity index (χ2v) is 8.71. The van der Waals surface area contributed by atoms with Gasteiger partial charge in [0.15, 0.2) is 17.3 Å². The van der Waals surface area contributed by atoms with Crippen LogP contribution in [-0.2, 0) is 17.5 Å². The van der Waals surface area contributed by atoms with E-state index < -0.39 is 34.4 Å². The fourth-order valence-corrected chi connectivity index (χ4v) is 4.88. The van der Waals surface area contributed by atoms with Gasteiger partial charge in [0, 0.05) is 36.0 Å². The Kier molecular flexibility index (Phi) is 5.99. The maximum Gasteiger partial charge on any atom is 0.274 e. The molecular weight excluding hydrogens is 437 g/mol. The lowest BCUT2D eigenvalue weighted by molar-refractivity contribution is 0.0939. The molecule has 4 N–H and O–H groups in total. The van der Waals surface area contributed by atoms with Crippen molar-refractivity contribution in [3.8, 4) is 5.75 Å². The number of fused-ring (bicyclic) bond motifs is 1. The van der Waals surface area contributed by atoms with Crippen LogP contribution in [0.15, 0.2) is 36.5 Å². The number of anilines is 1. The summed E-state index contributed by atoms with van der Waals surface area (Å²) in [5, 5.41) is 13.7. The number of nitrogens with one attached hydrogen (secondary N) is 1. The fraction of sp³-hybridized carbons (Fsp3) is 0.238. The number of primary amides is 1. The van der Waals surface area contributed by atoms with Crippen molar-refractivity contribution in [2.75, 3.05) is 16.6 Å². The van der Waals surface area contributed by atoms with Crippen LogP contribution in [-0.4, -0.2) is 43.4 Å². The van der Waals surface area contributed by atoms with Gasteiger partial charge in [-0.05, 0) is 42.7 Å². The minimum absolute atomic E-state index is 0.0629. The third kappa shape index (κ3) is 4.11. The highest BCUT2D eigenvalue weighted by Crippen LogP contribution is 2.34. The highest BCUT2D eigenvalue weighted by Gasteiger charge is 2.27. The SMILES string of the molecule is NC(=O)c1cc(F)ccc1CNC(=O)c1nc(N2CCCCS2=O)c2cccnc2c1O. The molecule has 3 aromatic rings. The number of carbonyl (C=O) groups excluding carboxylic acids is 2. The number of carbonyl (C=O) groups is 2. The van der Waals surface area contributed by atoms with E-state index in [0.29, 0.717) is 29.1 Å². The molecule has 9 nitrogen and oxygen atoms in total. The molecule has 0 saturated carbocycles. The predicted molar refractivity (Wildman–Crippen MR) is 117 cm³/mol. The Morgan fingerprint density at radius 2 is 2.09 bits per heavy atom. The molecule has 0 bridgehead atoms. The molecule has 1 aliphatic rings. The van der Waals surface area contributed by atoms with Crippen molar-refractivity contribution in [3.63, 3.8) is 0 Å². The van der Waals surface area contributed by atoms with Crippen LogP contribution in [0.4, 0.5) is 10.2 Å². The van der Waals surface area contributed by atoms with Gasteiger partial charge >= 0.3 is 0 Å². The van der Waals surface area contributed by atoms with Gasteiger partial charge in [-0.1, -0.05) is 6.07 Å². The van der Waals surface area contributed by atoms with E-state index in [9.17, 15) is 23.3 Å². The number of hydrogen-bond acceptors (Lipinski definition) is 6. The number of rotatable bonds is 5. The molecule has 32 heavy (non-hydrogen) atoms. The third-order valence-electron chi connectivity index (χ3n) is 5.12. The van der Waals surface area contributed by atoms with Crippen molar-refractivity contribution < 1.29 is 23.3 Å². The molecule has 166 valence electrons. The number of amides is 2. The summed E-state index contributed by atoms with van der Waals surface area (Å²) in [5.74, 6) is -1.84. The topological polar surface area (TPSA) is 139 Å². The normalized spacial score (nSPS) is 16.2. The summed E-state index contributed by atoms with van der Waals surface area (Å²) in [6.07, 6.45) is 3.11. The van der Waals surface area contributed by atoms with E-state index in [0.717, 1.165) is 25.0 Å². The summed E-state index contributed by atoms with van der Waals surface area (Å²) in [4.78, 5) is 33.0. The monoisotopic (exact) mass is 457 g/mol. The minimum Gasteiger partial charge on any atom is -0.504 e. The van der Waals surface area contributed by atoms with Gasteiger partial charge in [0.05, 0.1) is 0 Å². The largest absolute Gasteiger partial charge is 0.504 e. The smallest absolute Gasteiger partial charge is 0.274 e. The van der Waals surface area contributed by atoms with Crippen LogP contribution in [0.25, 0.3) is 10.9 Å². The van der Waals surface area contributed by atoms with E-state index in [1.807, 2.05) is 0 Å². The maximum absolute atomic E-state index is 13.5. The minimum atomic E-state index is -1.31. The van der Waals surface area contributed by atoms with E-state index >= 15 is 0 Å². The predicted octanol–water partition coefficient (Wildman–Crippen LogP) is 1.77. The van der Waals surface area contributed by atoms with Gasteiger partial charge in [0.25, 0.3) is 5.91 Å². The third-order valence-corrected chi connectivity index (χ3v) is 6.60. The summed E-state index contributed by atoms with van der Waals surface area (Å²) >= 11 is 0. The number of halogens is 1. The fourth-order valence-electron chi connectivity index (χ4n) is 3.54.